The first kappa shape index (κ1) is 18.0. The predicted molar refractivity (Wildman–Crippen MR) is 96.7 cm³/mol. The number of hydrogen-bond donors (Lipinski definition) is 0. The standard InChI is InChI=1S/C19H23N5O2/c1-13-15(19(26)23(2)3)12-21-17(22-13)16-6-4-5-11-24(16)18(25)14-7-9-20-10-8-14/h7-10,12,16H,4-6,11H2,1-3H3/t16-/m0/s1. The smallest absolute Gasteiger partial charge is 0.256 e. The van der Waals surface area contributed by atoms with Crippen LogP contribution in [0.25, 0.3) is 0 Å². The van der Waals surface area contributed by atoms with Crippen LogP contribution in [0.2, 0.25) is 0 Å². The zero-order chi connectivity index (χ0) is 18.7. The number of hydrogen-bond acceptors (Lipinski definition) is 5. The average molecular weight is 353 g/mol. The fraction of sp³-hybridized carbons (Fsp3) is 0.421. The number of aryl methyl sites for hydroxylation is 1. The lowest BCUT2D eigenvalue weighted by atomic mass is 10.00. The lowest BCUT2D eigenvalue weighted by molar-refractivity contribution is 0.0598. The van der Waals surface area contributed by atoms with Crippen LogP contribution >= 0.6 is 0 Å². The van der Waals surface area contributed by atoms with Gasteiger partial charge in [0.25, 0.3) is 11.8 Å². The Morgan fingerprint density at radius 3 is 2.58 bits per heavy atom. The molecule has 7 nitrogen and oxygen atoms in total. The molecule has 0 saturated carbocycles. The van der Waals surface area contributed by atoms with Crippen molar-refractivity contribution in [3.63, 3.8) is 0 Å². The summed E-state index contributed by atoms with van der Waals surface area (Å²) >= 11 is 0. The summed E-state index contributed by atoms with van der Waals surface area (Å²) in [6.07, 6.45) is 7.61. The molecule has 1 atom stereocenters. The molecule has 0 spiro atoms. The van der Waals surface area contributed by atoms with Crippen LogP contribution in [0.3, 0.4) is 0 Å². The van der Waals surface area contributed by atoms with E-state index in [0.717, 1.165) is 19.3 Å². The van der Waals surface area contributed by atoms with Crippen LogP contribution in [-0.2, 0) is 0 Å². The van der Waals surface area contributed by atoms with Gasteiger partial charge in [0.05, 0.1) is 17.3 Å². The Labute approximate surface area is 153 Å². The van der Waals surface area contributed by atoms with Gasteiger partial charge in [-0.2, -0.15) is 0 Å². The molecule has 1 saturated heterocycles. The van der Waals surface area contributed by atoms with Crippen molar-refractivity contribution in [1.29, 1.82) is 0 Å². The van der Waals surface area contributed by atoms with Crippen molar-refractivity contribution in [2.24, 2.45) is 0 Å². The Bertz CT molecular complexity index is 807. The van der Waals surface area contributed by atoms with Gasteiger partial charge in [-0.1, -0.05) is 0 Å². The van der Waals surface area contributed by atoms with Crippen molar-refractivity contribution in [2.75, 3.05) is 20.6 Å². The topological polar surface area (TPSA) is 79.3 Å². The fourth-order valence-corrected chi connectivity index (χ4v) is 3.20. The van der Waals surface area contributed by atoms with E-state index in [2.05, 4.69) is 15.0 Å². The van der Waals surface area contributed by atoms with Crippen LogP contribution in [0, 0.1) is 6.92 Å². The van der Waals surface area contributed by atoms with Crippen molar-refractivity contribution in [2.45, 2.75) is 32.2 Å². The van der Waals surface area contributed by atoms with Gasteiger partial charge in [-0.15, -0.1) is 0 Å². The van der Waals surface area contributed by atoms with Gasteiger partial charge >= 0.3 is 0 Å². The third-order valence-corrected chi connectivity index (χ3v) is 4.62. The van der Waals surface area contributed by atoms with E-state index < -0.39 is 0 Å². The van der Waals surface area contributed by atoms with Gasteiger partial charge in [0, 0.05) is 44.8 Å². The Hall–Kier alpha value is -2.83. The first-order valence-electron chi connectivity index (χ1n) is 8.75. The van der Waals surface area contributed by atoms with Crippen LogP contribution in [0.1, 0.15) is 57.5 Å². The number of rotatable bonds is 3. The second kappa shape index (κ2) is 7.59. The summed E-state index contributed by atoms with van der Waals surface area (Å²) in [5.41, 5.74) is 1.74. The molecule has 0 aromatic carbocycles. The van der Waals surface area contributed by atoms with E-state index in [0.29, 0.717) is 29.2 Å². The van der Waals surface area contributed by atoms with Gasteiger partial charge in [0.1, 0.15) is 0 Å². The summed E-state index contributed by atoms with van der Waals surface area (Å²) in [6, 6.07) is 3.27. The summed E-state index contributed by atoms with van der Waals surface area (Å²) in [7, 11) is 3.40. The van der Waals surface area contributed by atoms with E-state index in [4.69, 9.17) is 0 Å². The Kier molecular flexibility index (Phi) is 5.25. The van der Waals surface area contributed by atoms with Crippen LogP contribution in [-0.4, -0.2) is 57.2 Å². The molecule has 2 aromatic rings. The predicted octanol–water partition coefficient (Wildman–Crippen LogP) is 2.25. The normalized spacial score (nSPS) is 17.0. The van der Waals surface area contributed by atoms with E-state index in [-0.39, 0.29) is 17.9 Å². The minimum absolute atomic E-state index is 0.0354. The van der Waals surface area contributed by atoms with Gasteiger partial charge in [0.2, 0.25) is 0 Å². The molecular formula is C19H23N5O2. The van der Waals surface area contributed by atoms with Crippen LogP contribution in [0.5, 0.6) is 0 Å². The number of pyridine rings is 1. The van der Waals surface area contributed by atoms with E-state index in [1.165, 1.54) is 4.90 Å². The highest BCUT2D eigenvalue weighted by atomic mass is 16.2. The average Bonchev–Trinajstić information content (AvgIpc) is 2.67. The molecule has 3 rings (SSSR count). The monoisotopic (exact) mass is 353 g/mol. The summed E-state index contributed by atoms with van der Waals surface area (Å²) < 4.78 is 0. The highest BCUT2D eigenvalue weighted by Gasteiger charge is 2.31. The van der Waals surface area contributed by atoms with E-state index in [9.17, 15) is 9.59 Å². The maximum absolute atomic E-state index is 12.9. The third kappa shape index (κ3) is 3.56. The minimum Gasteiger partial charge on any atom is -0.345 e. The molecule has 0 bridgehead atoms. The van der Waals surface area contributed by atoms with Gasteiger partial charge in [-0.05, 0) is 38.3 Å². The Morgan fingerprint density at radius 2 is 1.92 bits per heavy atom. The first-order valence-corrected chi connectivity index (χ1v) is 8.75. The maximum Gasteiger partial charge on any atom is 0.256 e. The fourth-order valence-electron chi connectivity index (χ4n) is 3.20. The zero-order valence-electron chi connectivity index (χ0n) is 15.3. The number of piperidine rings is 1. The second-order valence-corrected chi connectivity index (χ2v) is 6.67. The van der Waals surface area contributed by atoms with E-state index in [1.807, 2.05) is 4.90 Å². The van der Waals surface area contributed by atoms with Gasteiger partial charge in [-0.3, -0.25) is 14.6 Å². The van der Waals surface area contributed by atoms with Crippen LogP contribution in [0.4, 0.5) is 0 Å². The molecule has 3 heterocycles. The van der Waals surface area contributed by atoms with Gasteiger partial charge < -0.3 is 9.80 Å². The second-order valence-electron chi connectivity index (χ2n) is 6.67. The van der Waals surface area contributed by atoms with Crippen LogP contribution in [0.15, 0.2) is 30.7 Å². The molecule has 7 heteroatoms. The highest BCUT2D eigenvalue weighted by molar-refractivity contribution is 5.95. The summed E-state index contributed by atoms with van der Waals surface area (Å²) in [5.74, 6) is 0.439. The summed E-state index contributed by atoms with van der Waals surface area (Å²) in [6.45, 7) is 2.48. The largest absolute Gasteiger partial charge is 0.345 e. The lowest BCUT2D eigenvalue weighted by Crippen LogP contribution is -2.39. The molecule has 0 radical (unpaired) electrons. The summed E-state index contributed by atoms with van der Waals surface area (Å²) in [4.78, 5) is 41.4. The Balaban J connectivity index is 1.89. The van der Waals surface area contributed by atoms with E-state index in [1.54, 1.807) is 51.7 Å². The zero-order valence-corrected chi connectivity index (χ0v) is 15.3. The molecule has 1 aliphatic rings. The molecule has 26 heavy (non-hydrogen) atoms. The highest BCUT2D eigenvalue weighted by Crippen LogP contribution is 2.30. The number of carbonyl (C=O) groups excluding carboxylic acids is 2. The van der Waals surface area contributed by atoms with Crippen molar-refractivity contribution in [3.05, 3.63) is 53.4 Å². The molecule has 2 amide bonds. The molecule has 0 aliphatic carbocycles. The first-order chi connectivity index (χ1) is 12.5. The molecule has 0 unspecified atom stereocenters. The third-order valence-electron chi connectivity index (χ3n) is 4.62. The number of aromatic nitrogens is 3. The molecular weight excluding hydrogens is 330 g/mol. The number of likely N-dealkylation sites (tertiary alicyclic amines) is 1. The molecule has 1 fully saturated rings. The molecule has 0 N–H and O–H groups in total. The number of nitrogens with zero attached hydrogens (tertiary/aromatic N) is 5. The van der Waals surface area contributed by atoms with Crippen LogP contribution < -0.4 is 0 Å². The number of carbonyl (C=O) groups is 2. The SMILES string of the molecule is Cc1nc([C@@H]2CCCCN2C(=O)c2ccncc2)ncc1C(=O)N(C)C. The van der Waals surface area contributed by atoms with Gasteiger partial charge in [0.15, 0.2) is 5.82 Å². The quantitative estimate of drug-likeness (QED) is 0.845. The lowest BCUT2D eigenvalue weighted by Gasteiger charge is -2.35. The molecule has 136 valence electrons. The van der Waals surface area contributed by atoms with Crippen molar-refractivity contribution < 1.29 is 9.59 Å². The number of amides is 2. The van der Waals surface area contributed by atoms with Crippen molar-refractivity contribution in [1.82, 2.24) is 24.8 Å². The van der Waals surface area contributed by atoms with Crippen molar-refractivity contribution >= 4 is 11.8 Å². The molecule has 1 aliphatic heterocycles. The summed E-state index contributed by atoms with van der Waals surface area (Å²) in [5, 5.41) is 0. The minimum atomic E-state index is -0.174. The molecule has 2 aromatic heterocycles. The van der Waals surface area contributed by atoms with Crippen molar-refractivity contribution in [3.8, 4) is 0 Å². The maximum atomic E-state index is 12.9. The Morgan fingerprint density at radius 1 is 1.19 bits per heavy atom. The van der Waals surface area contributed by atoms with Gasteiger partial charge in [-0.25, -0.2) is 9.97 Å². The van der Waals surface area contributed by atoms with E-state index >= 15 is 0 Å².